The zero-order valence-corrected chi connectivity index (χ0v) is 34.5. The van der Waals surface area contributed by atoms with Gasteiger partial charge >= 0.3 is 0 Å². The van der Waals surface area contributed by atoms with Crippen molar-refractivity contribution in [3.63, 3.8) is 0 Å². The summed E-state index contributed by atoms with van der Waals surface area (Å²) in [6.45, 7) is 14.9. The predicted octanol–water partition coefficient (Wildman–Crippen LogP) is 15.5. The topological polar surface area (TPSA) is 26.0 Å². The molecule has 0 fully saturated rings. The van der Waals surface area contributed by atoms with E-state index in [0.29, 0.717) is 0 Å². The minimum atomic E-state index is 0.817. The van der Waals surface area contributed by atoms with Gasteiger partial charge in [0, 0.05) is 0 Å². The van der Waals surface area contributed by atoms with Crippen LogP contribution in [0.2, 0.25) is 0 Å². The highest BCUT2D eigenvalue weighted by atomic mass is 14.5. The average Bonchev–Trinajstić information content (AvgIpc) is 3.23. The van der Waals surface area contributed by atoms with E-state index < -0.39 is 0 Å². The molecule has 2 N–H and O–H groups in total. The Morgan fingerprint density at radius 2 is 1.07 bits per heavy atom. The summed E-state index contributed by atoms with van der Waals surface area (Å²) in [7, 11) is 0. The van der Waals surface area contributed by atoms with Crippen molar-refractivity contribution in [1.82, 2.24) is 0 Å². The summed E-state index contributed by atoms with van der Waals surface area (Å²) in [6.07, 6.45) is 11.0. The van der Waals surface area contributed by atoms with Crippen LogP contribution in [-0.4, -0.2) is 0 Å². The van der Waals surface area contributed by atoms with E-state index in [9.17, 15) is 0 Å². The van der Waals surface area contributed by atoms with E-state index in [2.05, 4.69) is 192 Å². The lowest BCUT2D eigenvalue weighted by atomic mass is 9.83. The van der Waals surface area contributed by atoms with Crippen molar-refractivity contribution >= 4 is 44.0 Å². The van der Waals surface area contributed by atoms with Gasteiger partial charge in [-0.2, -0.15) is 0 Å². The van der Waals surface area contributed by atoms with Crippen LogP contribution in [0.1, 0.15) is 59.7 Å². The van der Waals surface area contributed by atoms with E-state index in [1.165, 1.54) is 99.1 Å². The second-order valence-corrected chi connectivity index (χ2v) is 14.8. The van der Waals surface area contributed by atoms with Crippen molar-refractivity contribution in [3.8, 4) is 33.4 Å². The third-order valence-electron chi connectivity index (χ3n) is 11.1. The highest BCUT2D eigenvalue weighted by Crippen LogP contribution is 2.46. The summed E-state index contributed by atoms with van der Waals surface area (Å²) < 4.78 is 0. The fourth-order valence-electron chi connectivity index (χ4n) is 8.78. The number of benzene rings is 8. The number of fused-ring (bicyclic) bond motifs is 3. The predicted molar refractivity (Wildman–Crippen MR) is 252 cm³/mol. The van der Waals surface area contributed by atoms with Gasteiger partial charge in [0.15, 0.2) is 0 Å². The monoisotopic (exact) mass is 739 g/mol. The summed E-state index contributed by atoms with van der Waals surface area (Å²) in [5, 5.41) is 7.51. The third kappa shape index (κ3) is 7.59. The van der Waals surface area contributed by atoms with Crippen LogP contribution in [0, 0.1) is 27.7 Å². The van der Waals surface area contributed by atoms with E-state index in [1.54, 1.807) is 6.20 Å². The smallest absolute Gasteiger partial charge is 0.00201 e. The molecule has 0 heterocycles. The van der Waals surface area contributed by atoms with Gasteiger partial charge in [-0.15, -0.1) is 0 Å². The van der Waals surface area contributed by atoms with E-state index in [0.717, 1.165) is 17.6 Å². The Hall–Kier alpha value is -6.44. The van der Waals surface area contributed by atoms with Gasteiger partial charge in [0.2, 0.25) is 0 Å². The molecule has 0 aliphatic heterocycles. The standard InChI is InChI=1S/C54H47N.C2H6/c1-6-14-40-27-25-39(33-36(40)3)26-28-41(29-30-55)42-15-11-16-43(34-42)53-48-17-7-9-19-50(48)54(51-20-10-8-18-49(51)53)47-24-13-21-44-45(47)22-12-23-46(44)52-37(4)31-35(2)32-38(52)5;1-2/h6-25,27-34H,26,55H2,1-5H3;1-2H3/b14-6-,30-29-,41-28+;. The number of hydrogen-bond donors (Lipinski definition) is 1. The van der Waals surface area contributed by atoms with Crippen LogP contribution in [0.3, 0.4) is 0 Å². The largest absolute Gasteiger partial charge is 0.405 e. The maximum absolute atomic E-state index is 6.06. The van der Waals surface area contributed by atoms with Crippen molar-refractivity contribution in [2.45, 2.75) is 54.9 Å². The molecule has 0 aliphatic rings. The first-order valence-corrected chi connectivity index (χ1v) is 20.3. The summed E-state index contributed by atoms with van der Waals surface area (Å²) in [5.41, 5.74) is 23.6. The highest BCUT2D eigenvalue weighted by molar-refractivity contribution is 6.24. The number of hydrogen-bond acceptors (Lipinski definition) is 1. The van der Waals surface area contributed by atoms with Crippen LogP contribution in [0.4, 0.5) is 0 Å². The van der Waals surface area contributed by atoms with Crippen molar-refractivity contribution in [2.24, 2.45) is 5.73 Å². The summed E-state index contributed by atoms with van der Waals surface area (Å²) in [5.74, 6) is 0. The van der Waals surface area contributed by atoms with Crippen molar-refractivity contribution in [1.29, 1.82) is 0 Å². The molecule has 282 valence electrons. The first kappa shape index (κ1) is 38.8. The molecule has 8 aromatic rings. The molecule has 0 bridgehead atoms. The van der Waals surface area contributed by atoms with Crippen LogP contribution in [0.15, 0.2) is 164 Å². The first-order chi connectivity index (χ1) is 27.9. The highest BCUT2D eigenvalue weighted by Gasteiger charge is 2.19. The Kier molecular flexibility index (Phi) is 11.7. The number of nitrogens with two attached hydrogens (primary N) is 1. The number of allylic oxidation sites excluding steroid dienone is 4. The fourth-order valence-corrected chi connectivity index (χ4v) is 8.78. The molecule has 0 aliphatic carbocycles. The minimum absolute atomic E-state index is 0.817. The van der Waals surface area contributed by atoms with E-state index in [4.69, 9.17) is 5.73 Å². The summed E-state index contributed by atoms with van der Waals surface area (Å²) in [6, 6.07) is 51.8. The Morgan fingerprint density at radius 1 is 0.526 bits per heavy atom. The molecular weight excluding hydrogens is 687 g/mol. The molecule has 1 nitrogen and oxygen atoms in total. The molecule has 8 rings (SSSR count). The van der Waals surface area contributed by atoms with E-state index in [1.807, 2.05) is 19.9 Å². The van der Waals surface area contributed by atoms with Gasteiger partial charge < -0.3 is 5.73 Å². The van der Waals surface area contributed by atoms with Crippen molar-refractivity contribution in [3.05, 3.63) is 203 Å². The van der Waals surface area contributed by atoms with Crippen LogP contribution in [0.25, 0.3) is 77.3 Å². The van der Waals surface area contributed by atoms with Crippen molar-refractivity contribution < 1.29 is 0 Å². The zero-order chi connectivity index (χ0) is 40.1. The Morgan fingerprint density at radius 3 is 1.63 bits per heavy atom. The molecule has 8 aromatic carbocycles. The molecule has 0 saturated carbocycles. The van der Waals surface area contributed by atoms with Crippen molar-refractivity contribution in [2.75, 3.05) is 0 Å². The van der Waals surface area contributed by atoms with Gasteiger partial charge in [-0.05, 0) is 164 Å². The van der Waals surface area contributed by atoms with Gasteiger partial charge in [-0.25, -0.2) is 0 Å². The second-order valence-electron chi connectivity index (χ2n) is 14.8. The van der Waals surface area contributed by atoms with Gasteiger partial charge in [0.05, 0.1) is 0 Å². The average molecular weight is 740 g/mol. The maximum Gasteiger partial charge on any atom is -0.00201 e. The lowest BCUT2D eigenvalue weighted by Crippen LogP contribution is -1.94. The molecule has 0 aromatic heterocycles. The second kappa shape index (κ2) is 17.1. The fraction of sp³-hybridized carbons (Fsp3) is 0.143. The molecule has 57 heavy (non-hydrogen) atoms. The molecule has 0 unspecified atom stereocenters. The normalized spacial score (nSPS) is 11.9. The Labute approximate surface area is 339 Å². The van der Waals surface area contributed by atoms with Gasteiger partial charge in [-0.3, -0.25) is 0 Å². The lowest BCUT2D eigenvalue weighted by Gasteiger charge is -2.20. The Bertz CT molecular complexity index is 2760. The molecule has 0 atom stereocenters. The molecule has 0 saturated heterocycles. The minimum Gasteiger partial charge on any atom is -0.405 e. The quantitative estimate of drug-likeness (QED) is 0.122. The summed E-state index contributed by atoms with van der Waals surface area (Å²) in [4.78, 5) is 0. The van der Waals surface area contributed by atoms with Crippen LogP contribution < -0.4 is 5.73 Å². The van der Waals surface area contributed by atoms with Gasteiger partial charge in [-0.1, -0.05) is 171 Å². The number of aryl methyl sites for hydroxylation is 4. The van der Waals surface area contributed by atoms with Gasteiger partial charge in [0.1, 0.15) is 0 Å². The van der Waals surface area contributed by atoms with Gasteiger partial charge in [0.25, 0.3) is 0 Å². The number of rotatable bonds is 8. The molecule has 0 spiro atoms. The van der Waals surface area contributed by atoms with Crippen LogP contribution >= 0.6 is 0 Å². The summed E-state index contributed by atoms with van der Waals surface area (Å²) >= 11 is 0. The Balaban J connectivity index is 0.00000244. The maximum atomic E-state index is 6.06. The van der Waals surface area contributed by atoms with Crippen LogP contribution in [0.5, 0.6) is 0 Å². The molecule has 1 heteroatoms. The van der Waals surface area contributed by atoms with Crippen LogP contribution in [-0.2, 0) is 6.42 Å². The molecule has 0 amide bonds. The lowest BCUT2D eigenvalue weighted by molar-refractivity contribution is 1.24. The molecule has 0 radical (unpaired) electrons. The molecular formula is C56H53N. The third-order valence-corrected chi connectivity index (χ3v) is 11.1. The first-order valence-electron chi connectivity index (χ1n) is 20.3. The van der Waals surface area contributed by atoms with E-state index in [-0.39, 0.29) is 0 Å². The van der Waals surface area contributed by atoms with E-state index >= 15 is 0 Å². The zero-order valence-electron chi connectivity index (χ0n) is 34.5. The SMILES string of the molecule is C/C=C\c1ccc(C/C=C(\C=C/N)c2cccc(-c3c4ccccc4c(-c4cccc5c(-c6c(C)cc(C)cc6C)cccc45)c4ccccc34)c2)cc1C.CC.